The monoisotopic (exact) mass is 427 g/mol. The first kappa shape index (κ1) is 21.2. The normalized spacial score (nSPS) is 10.7. The van der Waals surface area contributed by atoms with Crippen molar-refractivity contribution < 1.29 is 14.3 Å². The number of hydrogen-bond donors (Lipinski definition) is 3. The van der Waals surface area contributed by atoms with Crippen LogP contribution in [-0.2, 0) is 6.54 Å². The van der Waals surface area contributed by atoms with Crippen LogP contribution >= 0.6 is 0 Å². The Labute approximate surface area is 186 Å². The number of amides is 2. The van der Waals surface area contributed by atoms with E-state index in [-0.39, 0.29) is 11.8 Å². The Morgan fingerprint density at radius 1 is 0.906 bits per heavy atom. The van der Waals surface area contributed by atoms with Gasteiger partial charge in [-0.1, -0.05) is 47.5 Å². The highest BCUT2D eigenvalue weighted by Gasteiger charge is 2.20. The third-order valence-corrected chi connectivity index (χ3v) is 5.37. The van der Waals surface area contributed by atoms with Crippen molar-refractivity contribution in [1.29, 1.82) is 0 Å². The third-order valence-electron chi connectivity index (χ3n) is 5.37. The molecule has 0 aliphatic heterocycles. The lowest BCUT2D eigenvalue weighted by Crippen LogP contribution is -2.25. The van der Waals surface area contributed by atoms with Crippen molar-refractivity contribution in [1.82, 2.24) is 10.3 Å². The molecule has 1 heterocycles. The number of benzene rings is 3. The largest absolute Gasteiger partial charge is 0.496 e. The summed E-state index contributed by atoms with van der Waals surface area (Å²) >= 11 is 0. The van der Waals surface area contributed by atoms with Gasteiger partial charge in [0, 0.05) is 28.6 Å². The number of aromatic nitrogens is 1. The molecule has 0 spiro atoms. The maximum Gasteiger partial charge on any atom is 0.270 e. The average Bonchev–Trinajstić information content (AvgIpc) is 3.15. The molecule has 0 saturated heterocycles. The van der Waals surface area contributed by atoms with Crippen molar-refractivity contribution >= 4 is 28.4 Å². The van der Waals surface area contributed by atoms with Gasteiger partial charge in [0.25, 0.3) is 11.8 Å². The van der Waals surface area contributed by atoms with Crippen LogP contribution in [0, 0.1) is 13.8 Å². The minimum atomic E-state index is -0.316. The second-order valence-corrected chi connectivity index (χ2v) is 7.74. The molecule has 2 amide bonds. The molecule has 0 atom stereocenters. The zero-order valence-electron chi connectivity index (χ0n) is 18.3. The number of fused-ring (bicyclic) bond motifs is 1. The molecule has 0 fully saturated rings. The highest BCUT2D eigenvalue weighted by molar-refractivity contribution is 6.15. The summed E-state index contributed by atoms with van der Waals surface area (Å²) in [6.45, 7) is 4.23. The summed E-state index contributed by atoms with van der Waals surface area (Å²) in [5.74, 6) is 0.114. The van der Waals surface area contributed by atoms with Gasteiger partial charge in [-0.15, -0.1) is 0 Å². The predicted octanol–water partition coefficient (Wildman–Crippen LogP) is 4.98. The lowest BCUT2D eigenvalue weighted by atomic mass is 10.1. The van der Waals surface area contributed by atoms with Gasteiger partial charge in [-0.2, -0.15) is 0 Å². The molecule has 32 heavy (non-hydrogen) atoms. The minimum Gasteiger partial charge on any atom is -0.496 e. The molecule has 0 unspecified atom stereocenters. The van der Waals surface area contributed by atoms with Gasteiger partial charge >= 0.3 is 0 Å². The molecule has 0 aliphatic carbocycles. The molecule has 0 bridgehead atoms. The topological polar surface area (TPSA) is 83.2 Å². The molecule has 0 aliphatic rings. The Balaban J connectivity index is 1.65. The van der Waals surface area contributed by atoms with Crippen molar-refractivity contribution in [3.05, 3.63) is 94.7 Å². The number of nitrogens with one attached hydrogen (secondary N) is 3. The van der Waals surface area contributed by atoms with Crippen molar-refractivity contribution in [3.8, 4) is 5.75 Å². The molecular weight excluding hydrogens is 402 g/mol. The fraction of sp³-hybridized carbons (Fsp3) is 0.154. The van der Waals surface area contributed by atoms with E-state index in [4.69, 9.17) is 4.74 Å². The van der Waals surface area contributed by atoms with Gasteiger partial charge in [-0.25, -0.2) is 0 Å². The number of methoxy groups -OCH3 is 1. The maximum absolute atomic E-state index is 13.1. The first-order valence-electron chi connectivity index (χ1n) is 10.4. The number of aromatic amines is 1. The van der Waals surface area contributed by atoms with E-state index in [9.17, 15) is 9.59 Å². The molecule has 4 rings (SSSR count). The van der Waals surface area contributed by atoms with Crippen molar-refractivity contribution in [2.45, 2.75) is 20.4 Å². The number of hydrogen-bond acceptors (Lipinski definition) is 3. The van der Waals surface area contributed by atoms with Gasteiger partial charge in [0.2, 0.25) is 0 Å². The van der Waals surface area contributed by atoms with Crippen LogP contribution in [0.3, 0.4) is 0 Å². The van der Waals surface area contributed by atoms with E-state index in [1.54, 1.807) is 19.2 Å². The summed E-state index contributed by atoms with van der Waals surface area (Å²) in [4.78, 5) is 29.2. The van der Waals surface area contributed by atoms with Crippen LogP contribution in [0.5, 0.6) is 5.75 Å². The zero-order valence-corrected chi connectivity index (χ0v) is 18.3. The van der Waals surface area contributed by atoms with E-state index in [1.807, 2.05) is 68.4 Å². The molecule has 4 aromatic rings. The van der Waals surface area contributed by atoms with E-state index in [0.717, 1.165) is 27.6 Å². The summed E-state index contributed by atoms with van der Waals surface area (Å²) in [7, 11) is 1.60. The summed E-state index contributed by atoms with van der Waals surface area (Å²) in [6.07, 6.45) is 0. The molecular formula is C26H25N3O3. The zero-order chi connectivity index (χ0) is 22.7. The molecule has 162 valence electrons. The lowest BCUT2D eigenvalue weighted by molar-refractivity contribution is 0.0947. The summed E-state index contributed by atoms with van der Waals surface area (Å²) in [5.41, 5.74) is 5.03. The van der Waals surface area contributed by atoms with Crippen LogP contribution in [0.15, 0.2) is 66.7 Å². The Bertz CT molecular complexity index is 1290. The fourth-order valence-electron chi connectivity index (χ4n) is 3.61. The number of ether oxygens (including phenoxy) is 1. The molecule has 3 aromatic carbocycles. The first-order chi connectivity index (χ1) is 15.5. The van der Waals surface area contributed by atoms with Crippen LogP contribution in [-0.4, -0.2) is 23.9 Å². The van der Waals surface area contributed by atoms with Gasteiger partial charge in [0.15, 0.2) is 0 Å². The Hall–Kier alpha value is -4.06. The number of para-hydroxylation sites is 1. The third kappa shape index (κ3) is 4.34. The standard InChI is InChI=1S/C26H25N3O3/c1-16-8-11-18(12-9-16)25(30)29-23-20-14-17(2)10-13-21(20)28-24(23)26(31)27-15-19-6-4-5-7-22(19)32-3/h4-14,28H,15H2,1-3H3,(H,27,31)(H,29,30). The number of rotatable bonds is 6. The number of anilines is 1. The van der Waals surface area contributed by atoms with Gasteiger partial charge in [0.05, 0.1) is 12.8 Å². The highest BCUT2D eigenvalue weighted by Crippen LogP contribution is 2.29. The van der Waals surface area contributed by atoms with Crippen molar-refractivity contribution in [2.24, 2.45) is 0 Å². The maximum atomic E-state index is 13.1. The Kier molecular flexibility index (Phi) is 5.94. The predicted molar refractivity (Wildman–Crippen MR) is 126 cm³/mol. The molecule has 6 nitrogen and oxygen atoms in total. The average molecular weight is 428 g/mol. The minimum absolute atomic E-state index is 0.272. The Morgan fingerprint density at radius 3 is 2.38 bits per heavy atom. The van der Waals surface area contributed by atoms with E-state index in [0.29, 0.717) is 29.2 Å². The summed E-state index contributed by atoms with van der Waals surface area (Å²) < 4.78 is 5.36. The summed E-state index contributed by atoms with van der Waals surface area (Å²) in [6, 6.07) is 20.6. The molecule has 3 N–H and O–H groups in total. The van der Waals surface area contributed by atoms with Crippen LogP contribution in [0.2, 0.25) is 0 Å². The van der Waals surface area contributed by atoms with Crippen LogP contribution in [0.4, 0.5) is 5.69 Å². The van der Waals surface area contributed by atoms with Gasteiger partial charge < -0.3 is 20.4 Å². The van der Waals surface area contributed by atoms with Gasteiger partial charge in [0.1, 0.15) is 11.4 Å². The molecule has 0 radical (unpaired) electrons. The van der Waals surface area contributed by atoms with E-state index >= 15 is 0 Å². The summed E-state index contributed by atoms with van der Waals surface area (Å²) in [5, 5.41) is 6.65. The second kappa shape index (κ2) is 8.98. The van der Waals surface area contributed by atoms with Crippen LogP contribution in [0.25, 0.3) is 10.9 Å². The number of aryl methyl sites for hydroxylation is 2. The van der Waals surface area contributed by atoms with E-state index in [2.05, 4.69) is 15.6 Å². The van der Waals surface area contributed by atoms with Crippen LogP contribution in [0.1, 0.15) is 37.5 Å². The highest BCUT2D eigenvalue weighted by atomic mass is 16.5. The van der Waals surface area contributed by atoms with Crippen LogP contribution < -0.4 is 15.4 Å². The van der Waals surface area contributed by atoms with E-state index in [1.165, 1.54) is 0 Å². The second-order valence-electron chi connectivity index (χ2n) is 7.74. The number of carbonyl (C=O) groups is 2. The lowest BCUT2D eigenvalue weighted by Gasteiger charge is -2.11. The van der Waals surface area contributed by atoms with Gasteiger partial charge in [-0.3, -0.25) is 9.59 Å². The quantitative estimate of drug-likeness (QED) is 0.406. The first-order valence-corrected chi connectivity index (χ1v) is 10.4. The van der Waals surface area contributed by atoms with E-state index < -0.39 is 0 Å². The Morgan fingerprint density at radius 2 is 1.62 bits per heavy atom. The number of carbonyl (C=O) groups excluding carboxylic acids is 2. The van der Waals surface area contributed by atoms with Gasteiger partial charge in [-0.05, 0) is 44.2 Å². The SMILES string of the molecule is COc1ccccc1CNC(=O)c1[nH]c2ccc(C)cc2c1NC(=O)c1ccc(C)cc1. The fourth-order valence-corrected chi connectivity index (χ4v) is 3.61. The molecule has 1 aromatic heterocycles. The van der Waals surface area contributed by atoms with Crippen molar-refractivity contribution in [2.75, 3.05) is 12.4 Å². The molecule has 6 heteroatoms. The van der Waals surface area contributed by atoms with Crippen molar-refractivity contribution in [3.63, 3.8) is 0 Å². The molecule has 0 saturated carbocycles. The smallest absolute Gasteiger partial charge is 0.270 e. The number of H-pyrrole nitrogens is 1.